The molecule has 0 aliphatic heterocycles. The summed E-state index contributed by atoms with van der Waals surface area (Å²) in [6, 6.07) is 16.9. The molecule has 1 aromatic heterocycles. The second-order valence-electron chi connectivity index (χ2n) is 9.88. The van der Waals surface area contributed by atoms with Gasteiger partial charge in [-0.2, -0.15) is 5.26 Å². The summed E-state index contributed by atoms with van der Waals surface area (Å²) in [4.78, 5) is 51.8. The molecular weight excluding hydrogens is 498 g/mol. The number of nitriles is 1. The highest BCUT2D eigenvalue weighted by atomic mass is 16.4. The van der Waals surface area contributed by atoms with E-state index in [4.69, 9.17) is 5.73 Å². The van der Waals surface area contributed by atoms with Crippen molar-refractivity contribution in [2.45, 2.75) is 50.0 Å². The molecule has 5 N–H and O–H groups in total. The molecule has 0 radical (unpaired) electrons. The summed E-state index contributed by atoms with van der Waals surface area (Å²) in [5.74, 6) is -3.86. The van der Waals surface area contributed by atoms with E-state index in [1.54, 1.807) is 55.6 Å². The molecule has 202 valence electrons. The zero-order chi connectivity index (χ0) is 28.2. The normalized spacial score (nSPS) is 19.5. The van der Waals surface area contributed by atoms with Crippen molar-refractivity contribution in [3.8, 4) is 6.07 Å². The zero-order valence-corrected chi connectivity index (χ0v) is 21.6. The smallest absolute Gasteiger partial charge is 0.352 e. The molecule has 1 aliphatic carbocycles. The van der Waals surface area contributed by atoms with E-state index in [-0.39, 0.29) is 36.4 Å². The van der Waals surface area contributed by atoms with Crippen molar-refractivity contribution in [3.05, 3.63) is 65.9 Å². The molecule has 10 heteroatoms. The number of carboxylic acids is 1. The van der Waals surface area contributed by atoms with E-state index in [1.807, 2.05) is 12.1 Å². The molecule has 3 aromatic rings. The molecule has 0 bridgehead atoms. The molecule has 4 rings (SSSR count). The Morgan fingerprint density at radius 2 is 1.82 bits per heavy atom. The largest absolute Gasteiger partial charge is 0.477 e. The van der Waals surface area contributed by atoms with Crippen LogP contribution in [0, 0.1) is 17.2 Å². The number of nitrogens with zero attached hydrogens (tertiary/aromatic N) is 2. The van der Waals surface area contributed by atoms with Gasteiger partial charge in [0.05, 0.1) is 17.4 Å². The Morgan fingerprint density at radius 1 is 1.13 bits per heavy atom. The molecule has 1 saturated carbocycles. The van der Waals surface area contributed by atoms with Crippen molar-refractivity contribution in [2.75, 3.05) is 5.32 Å². The number of anilines is 1. The van der Waals surface area contributed by atoms with Crippen LogP contribution in [0.5, 0.6) is 0 Å². The Hall–Kier alpha value is -4.65. The lowest BCUT2D eigenvalue weighted by molar-refractivity contribution is -0.137. The first kappa shape index (κ1) is 27.4. The number of aromatic carboxylic acids is 1. The molecule has 1 aliphatic rings. The number of benzene rings is 2. The molecule has 10 nitrogen and oxygen atoms in total. The van der Waals surface area contributed by atoms with Gasteiger partial charge >= 0.3 is 5.97 Å². The van der Waals surface area contributed by atoms with Crippen molar-refractivity contribution >= 4 is 40.3 Å². The summed E-state index contributed by atoms with van der Waals surface area (Å²) in [5.41, 5.74) is 5.81. The highest BCUT2D eigenvalue weighted by Crippen LogP contribution is 2.48. The Labute approximate surface area is 225 Å². The van der Waals surface area contributed by atoms with Crippen LogP contribution in [0.25, 0.3) is 10.9 Å². The van der Waals surface area contributed by atoms with Crippen molar-refractivity contribution < 1.29 is 24.3 Å². The van der Waals surface area contributed by atoms with Gasteiger partial charge in [0.2, 0.25) is 17.7 Å². The van der Waals surface area contributed by atoms with Crippen LogP contribution >= 0.6 is 0 Å². The average molecular weight is 530 g/mol. The minimum absolute atomic E-state index is 0.00842. The summed E-state index contributed by atoms with van der Waals surface area (Å²) >= 11 is 0. The van der Waals surface area contributed by atoms with Gasteiger partial charge in [0.15, 0.2) is 0 Å². The second kappa shape index (κ2) is 11.4. The van der Waals surface area contributed by atoms with Crippen LogP contribution in [0.4, 0.5) is 5.69 Å². The van der Waals surface area contributed by atoms with Crippen LogP contribution in [0.1, 0.15) is 54.6 Å². The number of para-hydroxylation sites is 2. The Kier molecular flexibility index (Phi) is 8.00. The van der Waals surface area contributed by atoms with E-state index < -0.39 is 35.2 Å². The topological polar surface area (TPSA) is 167 Å². The Balaban J connectivity index is 1.63. The maximum absolute atomic E-state index is 13.7. The van der Waals surface area contributed by atoms with E-state index >= 15 is 0 Å². The zero-order valence-electron chi connectivity index (χ0n) is 21.6. The lowest BCUT2D eigenvalue weighted by atomic mass is 9.60. The van der Waals surface area contributed by atoms with Gasteiger partial charge in [-0.15, -0.1) is 0 Å². The number of hydrogen-bond donors (Lipinski definition) is 4. The number of hydrogen-bond acceptors (Lipinski definition) is 5. The van der Waals surface area contributed by atoms with Gasteiger partial charge in [-0.3, -0.25) is 14.4 Å². The summed E-state index contributed by atoms with van der Waals surface area (Å²) in [7, 11) is 1.61. The molecule has 3 atom stereocenters. The number of carboxylic acid groups (broad SMARTS) is 1. The molecule has 3 amide bonds. The number of aryl methyl sites for hydroxylation is 1. The van der Waals surface area contributed by atoms with Gasteiger partial charge in [-0.25, -0.2) is 4.79 Å². The maximum Gasteiger partial charge on any atom is 0.352 e. The molecule has 1 heterocycles. The maximum atomic E-state index is 13.7. The molecule has 2 aromatic carbocycles. The third-order valence-corrected chi connectivity index (χ3v) is 7.61. The fourth-order valence-corrected chi connectivity index (χ4v) is 5.80. The molecule has 0 unspecified atom stereocenters. The number of amides is 3. The highest BCUT2D eigenvalue weighted by Gasteiger charge is 2.54. The number of aromatic nitrogens is 1. The number of carbonyl (C=O) groups excluding carboxylic acids is 3. The average Bonchev–Trinajstić information content (AvgIpc) is 3.24. The SMILES string of the molecule is Cn1c(C(=O)O)c([C@]2(C(N)=O)CCCC[C@H]2C(=O)N[C@H](C#N)CCC(=O)Nc2ccccc2)c2ccccc21. The van der Waals surface area contributed by atoms with Crippen LogP contribution in [-0.4, -0.2) is 39.4 Å². The van der Waals surface area contributed by atoms with Crippen LogP contribution < -0.4 is 16.4 Å². The second-order valence-corrected chi connectivity index (χ2v) is 9.88. The molecular formula is C29H31N5O5. The summed E-state index contributed by atoms with van der Waals surface area (Å²) in [6.07, 6.45) is 1.76. The van der Waals surface area contributed by atoms with E-state index in [9.17, 15) is 29.5 Å². The van der Waals surface area contributed by atoms with Crippen molar-refractivity contribution in [1.82, 2.24) is 9.88 Å². The first-order valence-electron chi connectivity index (χ1n) is 12.9. The summed E-state index contributed by atoms with van der Waals surface area (Å²) in [6.45, 7) is 0. The van der Waals surface area contributed by atoms with E-state index in [2.05, 4.69) is 10.6 Å². The number of nitrogens with two attached hydrogens (primary N) is 1. The van der Waals surface area contributed by atoms with E-state index in [0.29, 0.717) is 35.9 Å². The minimum atomic E-state index is -1.58. The van der Waals surface area contributed by atoms with Gasteiger partial charge in [0, 0.05) is 35.6 Å². The van der Waals surface area contributed by atoms with Crippen molar-refractivity contribution in [1.29, 1.82) is 5.26 Å². The van der Waals surface area contributed by atoms with Gasteiger partial charge in [-0.1, -0.05) is 49.2 Å². The first-order valence-corrected chi connectivity index (χ1v) is 12.9. The third kappa shape index (κ3) is 5.21. The number of nitrogens with one attached hydrogen (secondary N) is 2. The van der Waals surface area contributed by atoms with Crippen molar-refractivity contribution in [3.63, 3.8) is 0 Å². The van der Waals surface area contributed by atoms with Gasteiger partial charge in [0.1, 0.15) is 11.7 Å². The van der Waals surface area contributed by atoms with Gasteiger partial charge in [0.25, 0.3) is 0 Å². The Bertz CT molecular complexity index is 1460. The molecule has 0 spiro atoms. The lowest BCUT2D eigenvalue weighted by Gasteiger charge is -2.41. The minimum Gasteiger partial charge on any atom is -0.477 e. The predicted octanol–water partition coefficient (Wildman–Crippen LogP) is 3.22. The monoisotopic (exact) mass is 529 g/mol. The number of fused-ring (bicyclic) bond motifs is 1. The number of primary amides is 1. The summed E-state index contributed by atoms with van der Waals surface area (Å²) in [5, 5.41) is 25.9. The fraction of sp³-hybridized carbons (Fsp3) is 0.345. The molecule has 1 fully saturated rings. The number of carbonyl (C=O) groups is 4. The van der Waals surface area contributed by atoms with E-state index in [0.717, 1.165) is 0 Å². The van der Waals surface area contributed by atoms with Crippen LogP contribution in [-0.2, 0) is 26.8 Å². The van der Waals surface area contributed by atoms with Gasteiger partial charge in [-0.05, 0) is 37.5 Å². The fourth-order valence-electron chi connectivity index (χ4n) is 5.80. The lowest BCUT2D eigenvalue weighted by Crippen LogP contribution is -2.55. The number of rotatable bonds is 9. The highest BCUT2D eigenvalue weighted by molar-refractivity contribution is 6.06. The Morgan fingerprint density at radius 3 is 2.49 bits per heavy atom. The van der Waals surface area contributed by atoms with Crippen LogP contribution in [0.15, 0.2) is 54.6 Å². The third-order valence-electron chi connectivity index (χ3n) is 7.61. The predicted molar refractivity (Wildman–Crippen MR) is 145 cm³/mol. The summed E-state index contributed by atoms with van der Waals surface area (Å²) < 4.78 is 1.50. The molecule has 0 saturated heterocycles. The van der Waals surface area contributed by atoms with Crippen molar-refractivity contribution in [2.24, 2.45) is 18.7 Å². The first-order chi connectivity index (χ1) is 18.7. The van der Waals surface area contributed by atoms with Gasteiger partial charge < -0.3 is 26.0 Å². The standard InChI is InChI=1S/C29H31N5O5/c1-34-22-13-6-5-11-20(22)24(25(34)27(37)38)29(28(31)39)16-8-7-12-21(29)26(36)33-19(17-30)14-15-23(35)32-18-9-3-2-4-10-18/h2-6,9-11,13,19,21H,7-8,12,14-16H2,1H3,(H2,31,39)(H,32,35)(H,33,36)(H,37,38)/t19-,21-,29-/m0/s1. The molecule has 39 heavy (non-hydrogen) atoms. The van der Waals surface area contributed by atoms with Crippen LogP contribution in [0.3, 0.4) is 0 Å². The van der Waals surface area contributed by atoms with E-state index in [1.165, 1.54) is 4.57 Å². The quantitative estimate of drug-likeness (QED) is 0.332. The van der Waals surface area contributed by atoms with Crippen LogP contribution in [0.2, 0.25) is 0 Å².